The number of benzene rings is 1. The van der Waals surface area contributed by atoms with E-state index in [1.165, 1.54) is 0 Å². The Labute approximate surface area is 98.2 Å². The van der Waals surface area contributed by atoms with Crippen LogP contribution >= 0.6 is 0 Å². The van der Waals surface area contributed by atoms with Crippen molar-refractivity contribution in [2.45, 2.75) is 18.9 Å². The molecule has 3 rings (SSSR count). The second-order valence-electron chi connectivity index (χ2n) is 4.30. The minimum absolute atomic E-state index is 0.178. The predicted molar refractivity (Wildman–Crippen MR) is 63.4 cm³/mol. The van der Waals surface area contributed by atoms with E-state index in [-0.39, 0.29) is 17.9 Å². The average Bonchev–Trinajstić information content (AvgIpc) is 2.72. The second kappa shape index (κ2) is 3.73. The third-order valence-corrected chi connectivity index (χ3v) is 3.14. The molecule has 86 valence electrons. The Hall–Kier alpha value is -2.10. The van der Waals surface area contributed by atoms with Crippen LogP contribution in [0.3, 0.4) is 0 Å². The standard InChI is InChI=1S/C13H12N2O2/c16-12-6-5-11(13(17)14-12)15-7-9-3-1-2-4-10(9)8-15/h1-4,7-8,11H,5-6H2,(H,14,16,17). The Balaban J connectivity index is 1.98. The van der Waals surface area contributed by atoms with Crippen LogP contribution in [0.2, 0.25) is 0 Å². The highest BCUT2D eigenvalue weighted by atomic mass is 16.2. The molecule has 0 bridgehead atoms. The number of carbonyl (C=O) groups is 2. The lowest BCUT2D eigenvalue weighted by atomic mass is 10.1. The first kappa shape index (κ1) is 10.1. The van der Waals surface area contributed by atoms with Gasteiger partial charge in [-0.25, -0.2) is 0 Å². The lowest BCUT2D eigenvalue weighted by Gasteiger charge is -2.21. The Morgan fingerprint density at radius 3 is 2.35 bits per heavy atom. The van der Waals surface area contributed by atoms with Crippen LogP contribution in [-0.2, 0) is 9.59 Å². The second-order valence-corrected chi connectivity index (χ2v) is 4.30. The number of fused-ring (bicyclic) bond motifs is 1. The van der Waals surface area contributed by atoms with Crippen LogP contribution in [0.1, 0.15) is 18.9 Å². The van der Waals surface area contributed by atoms with Gasteiger partial charge in [-0.15, -0.1) is 0 Å². The Bertz CT molecular complexity index is 567. The summed E-state index contributed by atoms with van der Waals surface area (Å²) in [5.41, 5.74) is 0. The van der Waals surface area contributed by atoms with E-state index in [2.05, 4.69) is 5.32 Å². The van der Waals surface area contributed by atoms with Gasteiger partial charge in [0.05, 0.1) is 0 Å². The Kier molecular flexibility index (Phi) is 2.21. The fraction of sp³-hybridized carbons (Fsp3) is 0.231. The van der Waals surface area contributed by atoms with Crippen LogP contribution in [0.25, 0.3) is 10.8 Å². The van der Waals surface area contributed by atoms with Gasteiger partial charge in [0.1, 0.15) is 6.04 Å². The van der Waals surface area contributed by atoms with E-state index in [1.807, 2.05) is 41.2 Å². The highest BCUT2D eigenvalue weighted by molar-refractivity contribution is 5.99. The number of rotatable bonds is 1. The molecule has 1 saturated heterocycles. The Morgan fingerprint density at radius 1 is 1.12 bits per heavy atom. The van der Waals surface area contributed by atoms with Crippen molar-refractivity contribution in [3.8, 4) is 0 Å². The minimum Gasteiger partial charge on any atom is -0.341 e. The smallest absolute Gasteiger partial charge is 0.249 e. The summed E-state index contributed by atoms with van der Waals surface area (Å²) in [6.45, 7) is 0. The number of piperidine rings is 1. The van der Waals surface area contributed by atoms with Gasteiger partial charge in [-0.05, 0) is 17.2 Å². The highest BCUT2D eigenvalue weighted by Gasteiger charge is 2.27. The van der Waals surface area contributed by atoms with Gasteiger partial charge in [-0.1, -0.05) is 24.3 Å². The van der Waals surface area contributed by atoms with E-state index in [1.54, 1.807) is 0 Å². The molecule has 1 N–H and O–H groups in total. The first-order valence-corrected chi connectivity index (χ1v) is 5.64. The first-order chi connectivity index (χ1) is 8.24. The van der Waals surface area contributed by atoms with Crippen molar-refractivity contribution in [2.75, 3.05) is 0 Å². The molecular weight excluding hydrogens is 216 g/mol. The SMILES string of the molecule is O=C1CCC(n2cc3ccccc3c2)C(=O)N1. The molecule has 0 spiro atoms. The van der Waals surface area contributed by atoms with Gasteiger partial charge in [0, 0.05) is 18.8 Å². The van der Waals surface area contributed by atoms with E-state index in [9.17, 15) is 9.59 Å². The first-order valence-electron chi connectivity index (χ1n) is 5.64. The summed E-state index contributed by atoms with van der Waals surface area (Å²) in [5.74, 6) is -0.385. The van der Waals surface area contributed by atoms with Crippen LogP contribution < -0.4 is 5.32 Å². The van der Waals surface area contributed by atoms with E-state index in [0.29, 0.717) is 12.8 Å². The summed E-state index contributed by atoms with van der Waals surface area (Å²) in [6.07, 6.45) is 4.89. The summed E-state index contributed by atoms with van der Waals surface area (Å²) < 4.78 is 1.90. The number of imide groups is 1. The van der Waals surface area contributed by atoms with Gasteiger partial charge < -0.3 is 4.57 Å². The number of nitrogens with zero attached hydrogens (tertiary/aromatic N) is 1. The normalized spacial score (nSPS) is 20.6. The summed E-state index contributed by atoms with van der Waals surface area (Å²) >= 11 is 0. The molecule has 1 aliphatic rings. The zero-order valence-corrected chi connectivity index (χ0v) is 9.22. The summed E-state index contributed by atoms with van der Waals surface area (Å²) in [4.78, 5) is 22.8. The van der Waals surface area contributed by atoms with E-state index in [0.717, 1.165) is 10.8 Å². The highest BCUT2D eigenvalue weighted by Crippen LogP contribution is 2.23. The molecule has 2 heterocycles. The lowest BCUT2D eigenvalue weighted by Crippen LogP contribution is -2.41. The van der Waals surface area contributed by atoms with Gasteiger partial charge >= 0.3 is 0 Å². The van der Waals surface area contributed by atoms with E-state index < -0.39 is 0 Å². The van der Waals surface area contributed by atoms with Gasteiger partial charge in [-0.3, -0.25) is 14.9 Å². The van der Waals surface area contributed by atoms with Crippen LogP contribution in [-0.4, -0.2) is 16.4 Å². The minimum atomic E-state index is -0.264. The van der Waals surface area contributed by atoms with Gasteiger partial charge in [0.25, 0.3) is 0 Å². The molecule has 2 aromatic rings. The van der Waals surface area contributed by atoms with Gasteiger partial charge in [-0.2, -0.15) is 0 Å². The third-order valence-electron chi connectivity index (χ3n) is 3.14. The van der Waals surface area contributed by atoms with Crippen molar-refractivity contribution in [1.29, 1.82) is 0 Å². The predicted octanol–water partition coefficient (Wildman–Crippen LogP) is 1.62. The number of aromatic nitrogens is 1. The van der Waals surface area contributed by atoms with Crippen molar-refractivity contribution >= 4 is 22.6 Å². The van der Waals surface area contributed by atoms with Crippen molar-refractivity contribution in [2.24, 2.45) is 0 Å². The molecule has 1 aromatic carbocycles. The van der Waals surface area contributed by atoms with Crippen molar-refractivity contribution in [1.82, 2.24) is 9.88 Å². The number of hydrogen-bond acceptors (Lipinski definition) is 2. The molecule has 0 saturated carbocycles. The number of nitrogens with one attached hydrogen (secondary N) is 1. The van der Waals surface area contributed by atoms with Crippen molar-refractivity contribution in [3.63, 3.8) is 0 Å². The molecular formula is C13H12N2O2. The van der Waals surface area contributed by atoms with E-state index >= 15 is 0 Å². The van der Waals surface area contributed by atoms with Gasteiger partial charge in [0.15, 0.2) is 0 Å². The quantitative estimate of drug-likeness (QED) is 0.754. The summed E-state index contributed by atoms with van der Waals surface area (Å²) in [5, 5.41) is 4.59. The van der Waals surface area contributed by atoms with Crippen molar-refractivity contribution in [3.05, 3.63) is 36.7 Å². The number of carbonyl (C=O) groups excluding carboxylic acids is 2. The molecule has 1 atom stereocenters. The zero-order chi connectivity index (χ0) is 11.8. The van der Waals surface area contributed by atoms with Crippen LogP contribution in [0.5, 0.6) is 0 Å². The molecule has 2 amide bonds. The maximum absolute atomic E-state index is 11.7. The van der Waals surface area contributed by atoms with Gasteiger partial charge in [0.2, 0.25) is 11.8 Å². The third kappa shape index (κ3) is 1.71. The number of hydrogen-bond donors (Lipinski definition) is 1. The lowest BCUT2D eigenvalue weighted by molar-refractivity contribution is -0.135. The molecule has 4 heteroatoms. The van der Waals surface area contributed by atoms with Crippen LogP contribution in [0.15, 0.2) is 36.7 Å². The van der Waals surface area contributed by atoms with Crippen molar-refractivity contribution < 1.29 is 9.59 Å². The van der Waals surface area contributed by atoms with Crippen LogP contribution in [0, 0.1) is 0 Å². The fourth-order valence-electron chi connectivity index (χ4n) is 2.25. The maximum atomic E-state index is 11.7. The molecule has 1 fully saturated rings. The average molecular weight is 228 g/mol. The molecule has 1 aliphatic heterocycles. The molecule has 0 radical (unpaired) electrons. The summed E-state index contributed by atoms with van der Waals surface area (Å²) in [7, 11) is 0. The van der Waals surface area contributed by atoms with Crippen LogP contribution in [0.4, 0.5) is 0 Å². The topological polar surface area (TPSA) is 51.1 Å². The molecule has 4 nitrogen and oxygen atoms in total. The molecule has 0 aliphatic carbocycles. The molecule has 17 heavy (non-hydrogen) atoms. The maximum Gasteiger partial charge on any atom is 0.249 e. The molecule has 1 unspecified atom stereocenters. The zero-order valence-electron chi connectivity index (χ0n) is 9.22. The fourth-order valence-corrected chi connectivity index (χ4v) is 2.25. The Morgan fingerprint density at radius 2 is 1.76 bits per heavy atom. The number of amides is 2. The largest absolute Gasteiger partial charge is 0.341 e. The van der Waals surface area contributed by atoms with E-state index in [4.69, 9.17) is 0 Å². The monoisotopic (exact) mass is 228 g/mol. The summed E-state index contributed by atoms with van der Waals surface area (Å²) in [6, 6.07) is 7.70. The molecule has 1 aromatic heterocycles.